The van der Waals surface area contributed by atoms with Crippen LogP contribution in [0.2, 0.25) is 0 Å². The maximum atomic E-state index is 5.47. The highest BCUT2D eigenvalue weighted by atomic mass is 32.1. The summed E-state index contributed by atoms with van der Waals surface area (Å²) >= 11 is 1.68. The molecule has 0 radical (unpaired) electrons. The third-order valence-corrected chi connectivity index (χ3v) is 3.99. The zero-order valence-corrected chi connectivity index (χ0v) is 11.3. The number of rotatable bonds is 2. The van der Waals surface area contributed by atoms with Gasteiger partial charge in [-0.25, -0.2) is 4.98 Å². The van der Waals surface area contributed by atoms with E-state index >= 15 is 0 Å². The maximum Gasteiger partial charge on any atom is 0.113 e. The van der Waals surface area contributed by atoms with Gasteiger partial charge in [-0.15, -0.1) is 11.3 Å². The van der Waals surface area contributed by atoms with Crippen molar-refractivity contribution in [3.8, 4) is 11.3 Å². The fourth-order valence-electron chi connectivity index (χ4n) is 2.15. The molecule has 1 saturated heterocycles. The number of nitrogens with zero attached hydrogens (tertiary/aromatic N) is 3. The normalized spacial score (nSPS) is 20.2. The zero-order chi connectivity index (χ0) is 12.5. The molecule has 3 heterocycles. The summed E-state index contributed by atoms with van der Waals surface area (Å²) in [5.74, 6) is 0. The van der Waals surface area contributed by atoms with Gasteiger partial charge in [-0.05, 0) is 6.92 Å². The minimum atomic E-state index is 0.231. The summed E-state index contributed by atoms with van der Waals surface area (Å²) in [7, 11) is 1.93. The van der Waals surface area contributed by atoms with Gasteiger partial charge in [-0.2, -0.15) is 5.10 Å². The number of nitrogens with one attached hydrogen (secondary N) is 1. The molecule has 0 amide bonds. The highest BCUT2D eigenvalue weighted by molar-refractivity contribution is 7.10. The smallest absolute Gasteiger partial charge is 0.113 e. The number of hydrogen-bond acceptors (Lipinski definition) is 5. The minimum absolute atomic E-state index is 0.231. The van der Waals surface area contributed by atoms with Gasteiger partial charge in [0.15, 0.2) is 0 Å². The highest BCUT2D eigenvalue weighted by Crippen LogP contribution is 2.27. The molecule has 18 heavy (non-hydrogen) atoms. The van der Waals surface area contributed by atoms with E-state index in [0.29, 0.717) is 6.61 Å². The van der Waals surface area contributed by atoms with E-state index in [9.17, 15) is 0 Å². The van der Waals surface area contributed by atoms with E-state index in [1.165, 1.54) is 0 Å². The number of ether oxygens (including phenoxy) is 1. The summed E-state index contributed by atoms with van der Waals surface area (Å²) in [6.07, 6.45) is 2.01. The Balaban J connectivity index is 1.86. The lowest BCUT2D eigenvalue weighted by molar-refractivity contribution is 0.0768. The monoisotopic (exact) mass is 264 g/mol. The lowest BCUT2D eigenvalue weighted by Gasteiger charge is -2.21. The van der Waals surface area contributed by atoms with Gasteiger partial charge < -0.3 is 10.1 Å². The van der Waals surface area contributed by atoms with Gasteiger partial charge >= 0.3 is 0 Å². The van der Waals surface area contributed by atoms with Gasteiger partial charge in [0.1, 0.15) is 5.01 Å². The van der Waals surface area contributed by atoms with E-state index in [-0.39, 0.29) is 6.04 Å². The Hall–Kier alpha value is -1.24. The summed E-state index contributed by atoms with van der Waals surface area (Å²) in [5.41, 5.74) is 3.13. The first kappa shape index (κ1) is 11.8. The fraction of sp³-hybridized carbons (Fsp3) is 0.500. The predicted octanol–water partition coefficient (Wildman–Crippen LogP) is 1.51. The average molecular weight is 264 g/mol. The second kappa shape index (κ2) is 4.79. The lowest BCUT2D eigenvalue weighted by Crippen LogP contribution is -2.34. The van der Waals surface area contributed by atoms with Gasteiger partial charge in [-0.1, -0.05) is 0 Å². The topological polar surface area (TPSA) is 52.0 Å². The number of morpholine rings is 1. The van der Waals surface area contributed by atoms with E-state index in [2.05, 4.69) is 15.8 Å². The van der Waals surface area contributed by atoms with Crippen molar-refractivity contribution >= 4 is 11.3 Å². The molecule has 0 aliphatic carbocycles. The van der Waals surface area contributed by atoms with Crippen LogP contribution < -0.4 is 5.32 Å². The van der Waals surface area contributed by atoms with Crippen molar-refractivity contribution in [1.82, 2.24) is 20.1 Å². The molecule has 0 spiro atoms. The summed E-state index contributed by atoms with van der Waals surface area (Å²) < 4.78 is 7.29. The molecule has 2 aromatic rings. The number of aromatic nitrogens is 3. The molecule has 3 rings (SSSR count). The van der Waals surface area contributed by atoms with Crippen LogP contribution in [-0.4, -0.2) is 34.5 Å². The zero-order valence-electron chi connectivity index (χ0n) is 10.5. The first-order chi connectivity index (χ1) is 8.74. The number of thiazole rings is 1. The lowest BCUT2D eigenvalue weighted by atomic mass is 10.2. The fourth-order valence-corrected chi connectivity index (χ4v) is 3.03. The van der Waals surface area contributed by atoms with Crippen molar-refractivity contribution < 1.29 is 4.74 Å². The van der Waals surface area contributed by atoms with Crippen LogP contribution >= 0.6 is 11.3 Å². The Morgan fingerprint density at radius 3 is 3.11 bits per heavy atom. The van der Waals surface area contributed by atoms with Crippen LogP contribution in [0.25, 0.3) is 11.3 Å². The van der Waals surface area contributed by atoms with Crippen molar-refractivity contribution in [3.63, 3.8) is 0 Å². The molecule has 0 aromatic carbocycles. The number of aryl methyl sites for hydroxylation is 2. The third kappa shape index (κ3) is 2.19. The van der Waals surface area contributed by atoms with E-state index in [4.69, 9.17) is 9.72 Å². The van der Waals surface area contributed by atoms with E-state index in [1.54, 1.807) is 11.3 Å². The van der Waals surface area contributed by atoms with Crippen LogP contribution in [-0.2, 0) is 11.8 Å². The second-order valence-electron chi connectivity index (χ2n) is 4.45. The maximum absolute atomic E-state index is 5.47. The Morgan fingerprint density at radius 1 is 1.56 bits per heavy atom. The Kier molecular flexibility index (Phi) is 3.15. The van der Waals surface area contributed by atoms with Crippen molar-refractivity contribution in [2.45, 2.75) is 13.0 Å². The van der Waals surface area contributed by atoms with Gasteiger partial charge in [0.05, 0.1) is 30.6 Å². The van der Waals surface area contributed by atoms with Crippen LogP contribution in [0.5, 0.6) is 0 Å². The van der Waals surface area contributed by atoms with Crippen molar-refractivity contribution in [1.29, 1.82) is 0 Å². The summed E-state index contributed by atoms with van der Waals surface area (Å²) in [6, 6.07) is 0.231. The van der Waals surface area contributed by atoms with Gasteiger partial charge in [-0.3, -0.25) is 4.68 Å². The largest absolute Gasteiger partial charge is 0.378 e. The Morgan fingerprint density at radius 2 is 2.44 bits per heavy atom. The van der Waals surface area contributed by atoms with Gasteiger partial charge in [0.2, 0.25) is 0 Å². The molecular weight excluding hydrogens is 248 g/mol. The molecule has 1 atom stereocenters. The standard InChI is InChI=1S/C12H16N4OS/c1-8-9(5-16(2)15-8)11-7-18-12(14-11)10-6-17-4-3-13-10/h5,7,10,13H,3-4,6H2,1-2H3. The minimum Gasteiger partial charge on any atom is -0.378 e. The first-order valence-electron chi connectivity index (χ1n) is 6.01. The first-order valence-corrected chi connectivity index (χ1v) is 6.89. The molecule has 6 heteroatoms. The highest BCUT2D eigenvalue weighted by Gasteiger charge is 2.19. The van der Waals surface area contributed by atoms with Crippen LogP contribution in [0.4, 0.5) is 0 Å². The molecular formula is C12H16N4OS. The van der Waals surface area contributed by atoms with Crippen molar-refractivity contribution in [2.75, 3.05) is 19.8 Å². The number of hydrogen-bond donors (Lipinski definition) is 1. The van der Waals surface area contributed by atoms with E-state index < -0.39 is 0 Å². The summed E-state index contributed by atoms with van der Waals surface area (Å²) in [5, 5.41) is 11.0. The van der Waals surface area contributed by atoms with Gasteiger partial charge in [0, 0.05) is 30.7 Å². The van der Waals surface area contributed by atoms with Crippen molar-refractivity contribution in [2.24, 2.45) is 7.05 Å². The predicted molar refractivity (Wildman–Crippen MR) is 70.6 cm³/mol. The molecule has 1 N–H and O–H groups in total. The van der Waals surface area contributed by atoms with Crippen molar-refractivity contribution in [3.05, 3.63) is 22.3 Å². The van der Waals surface area contributed by atoms with Crippen LogP contribution in [0.15, 0.2) is 11.6 Å². The van der Waals surface area contributed by atoms with Gasteiger partial charge in [0.25, 0.3) is 0 Å². The molecule has 0 saturated carbocycles. The van der Waals surface area contributed by atoms with E-state index in [0.717, 1.165) is 35.1 Å². The van der Waals surface area contributed by atoms with Crippen LogP contribution in [0.3, 0.4) is 0 Å². The van der Waals surface area contributed by atoms with E-state index in [1.807, 2.05) is 24.9 Å². The summed E-state index contributed by atoms with van der Waals surface area (Å²) in [4.78, 5) is 4.70. The molecule has 0 bridgehead atoms. The Bertz CT molecular complexity index is 542. The molecule has 5 nitrogen and oxygen atoms in total. The third-order valence-electron chi connectivity index (χ3n) is 3.03. The molecule has 96 valence electrons. The second-order valence-corrected chi connectivity index (χ2v) is 5.34. The molecule has 1 aliphatic heterocycles. The van der Waals surface area contributed by atoms with Crippen LogP contribution in [0, 0.1) is 6.92 Å². The SMILES string of the molecule is Cc1nn(C)cc1-c1csc(C2COCCN2)n1. The average Bonchev–Trinajstić information content (AvgIpc) is 2.97. The summed E-state index contributed by atoms with van der Waals surface area (Å²) in [6.45, 7) is 4.40. The molecule has 2 aromatic heterocycles. The quantitative estimate of drug-likeness (QED) is 0.893. The molecule has 1 aliphatic rings. The molecule has 1 fully saturated rings. The molecule has 1 unspecified atom stereocenters. The Labute approximate surface area is 110 Å². The van der Waals surface area contributed by atoms with Crippen LogP contribution in [0.1, 0.15) is 16.7 Å².